The molecule has 0 atom stereocenters. The Morgan fingerprint density at radius 2 is 1.94 bits per heavy atom. The van der Waals surface area contributed by atoms with Crippen molar-refractivity contribution < 1.29 is 9.53 Å². The minimum Gasteiger partial charge on any atom is -0.378 e. The van der Waals surface area contributed by atoms with Crippen LogP contribution in [0.1, 0.15) is 35.3 Å². The van der Waals surface area contributed by atoms with Crippen LogP contribution in [0.3, 0.4) is 0 Å². The molecule has 180 valence electrons. The summed E-state index contributed by atoms with van der Waals surface area (Å²) in [4.78, 5) is 23.8. The Morgan fingerprint density at radius 1 is 1.14 bits per heavy atom. The molecule has 6 rings (SSSR count). The summed E-state index contributed by atoms with van der Waals surface area (Å²) in [5.74, 6) is 1.30. The van der Waals surface area contributed by atoms with Crippen molar-refractivity contribution in [2.45, 2.75) is 25.3 Å². The van der Waals surface area contributed by atoms with Gasteiger partial charge in [-0.2, -0.15) is 4.98 Å². The van der Waals surface area contributed by atoms with Gasteiger partial charge in [-0.25, -0.2) is 4.98 Å². The number of benzene rings is 1. The first-order chi connectivity index (χ1) is 17.2. The highest BCUT2D eigenvalue weighted by Gasteiger charge is 2.35. The number of rotatable bonds is 6. The molecule has 35 heavy (non-hydrogen) atoms. The zero-order valence-corrected chi connectivity index (χ0v) is 19.8. The Bertz CT molecular complexity index is 1220. The topological polar surface area (TPSA) is 94.7 Å². The number of amides is 1. The lowest BCUT2D eigenvalue weighted by Crippen LogP contribution is -2.37. The van der Waals surface area contributed by atoms with Crippen LogP contribution in [0, 0.1) is 0 Å². The van der Waals surface area contributed by atoms with Crippen molar-refractivity contribution >= 4 is 28.9 Å². The summed E-state index contributed by atoms with van der Waals surface area (Å²) in [6.07, 6.45) is 9.92. The number of hydrogen-bond donors (Lipinski definition) is 3. The van der Waals surface area contributed by atoms with Crippen molar-refractivity contribution in [2.75, 3.05) is 43.6 Å². The Hall–Kier alpha value is -3.85. The average Bonchev–Trinajstić information content (AvgIpc) is 3.67. The van der Waals surface area contributed by atoms with Gasteiger partial charge in [-0.1, -0.05) is 6.08 Å². The van der Waals surface area contributed by atoms with Crippen LogP contribution >= 0.6 is 0 Å². The molecule has 1 aromatic carbocycles. The molecular formula is C26H29N7O2. The molecule has 2 aliphatic heterocycles. The van der Waals surface area contributed by atoms with Crippen molar-refractivity contribution in [2.24, 2.45) is 0 Å². The molecule has 2 aliphatic carbocycles. The van der Waals surface area contributed by atoms with Gasteiger partial charge < -0.3 is 25.7 Å². The van der Waals surface area contributed by atoms with Crippen molar-refractivity contribution in [1.29, 1.82) is 0 Å². The quantitative estimate of drug-likeness (QED) is 0.592. The smallest absolute Gasteiger partial charge is 0.251 e. The van der Waals surface area contributed by atoms with Gasteiger partial charge >= 0.3 is 0 Å². The third-order valence-corrected chi connectivity index (χ3v) is 6.66. The van der Waals surface area contributed by atoms with Crippen LogP contribution in [-0.2, 0) is 4.74 Å². The van der Waals surface area contributed by atoms with Gasteiger partial charge in [-0.05, 0) is 60.8 Å². The fraction of sp³-hybridized carbons (Fsp3) is 0.346. The van der Waals surface area contributed by atoms with Crippen LogP contribution in [0.5, 0.6) is 0 Å². The maximum atomic E-state index is 11.9. The monoisotopic (exact) mass is 471 g/mol. The molecular weight excluding hydrogens is 442 g/mol. The van der Waals surface area contributed by atoms with Gasteiger partial charge in [0, 0.05) is 43.7 Å². The third kappa shape index (κ3) is 4.46. The van der Waals surface area contributed by atoms with E-state index in [0.717, 1.165) is 36.5 Å². The SMILES string of the molecule is CNC(=O)c1ccc(Nc2cc(C3=CCC4=CNN(C5CC5)C4=C3)nc(N3CCOCC3)n2)cc1. The summed E-state index contributed by atoms with van der Waals surface area (Å²) >= 11 is 0. The Balaban J connectivity index is 1.32. The first kappa shape index (κ1) is 21.7. The molecule has 0 unspecified atom stereocenters. The molecule has 0 bridgehead atoms. The maximum absolute atomic E-state index is 11.9. The lowest BCUT2D eigenvalue weighted by atomic mass is 9.97. The number of aromatic nitrogens is 2. The lowest BCUT2D eigenvalue weighted by Gasteiger charge is -2.28. The largest absolute Gasteiger partial charge is 0.378 e. The van der Waals surface area contributed by atoms with E-state index in [1.165, 1.54) is 24.1 Å². The first-order valence-corrected chi connectivity index (χ1v) is 12.2. The molecule has 0 spiro atoms. The zero-order chi connectivity index (χ0) is 23.8. The van der Waals surface area contributed by atoms with Gasteiger partial charge in [-0.3, -0.25) is 9.80 Å². The normalized spacial score (nSPS) is 19.3. The van der Waals surface area contributed by atoms with Crippen LogP contribution in [-0.4, -0.2) is 60.3 Å². The van der Waals surface area contributed by atoms with E-state index in [4.69, 9.17) is 14.7 Å². The van der Waals surface area contributed by atoms with Crippen LogP contribution < -0.4 is 21.0 Å². The van der Waals surface area contributed by atoms with Gasteiger partial charge in [0.05, 0.1) is 30.6 Å². The zero-order valence-electron chi connectivity index (χ0n) is 19.8. The second kappa shape index (κ2) is 9.07. The number of hydrogen-bond acceptors (Lipinski definition) is 8. The number of carbonyl (C=O) groups excluding carboxylic acids is 1. The molecule has 2 aromatic rings. The summed E-state index contributed by atoms with van der Waals surface area (Å²) in [7, 11) is 1.63. The fourth-order valence-electron chi connectivity index (χ4n) is 4.56. The molecule has 9 nitrogen and oxygen atoms in total. The summed E-state index contributed by atoms with van der Waals surface area (Å²) in [5.41, 5.74) is 9.45. The lowest BCUT2D eigenvalue weighted by molar-refractivity contribution is 0.0963. The van der Waals surface area contributed by atoms with E-state index in [9.17, 15) is 4.79 Å². The predicted molar refractivity (Wildman–Crippen MR) is 135 cm³/mol. The standard InChI is InChI=1S/C26H29N7O2/c1-27-25(34)17-4-6-20(7-5-17)29-24-15-22(30-26(31-24)32-10-12-35-13-11-32)18-2-3-19-16-28-33(21-8-9-21)23(19)14-18/h2,4-7,14-16,21,28H,3,8-13H2,1H3,(H,27,34)(H,29,30,31). The van der Waals surface area contributed by atoms with E-state index in [0.29, 0.717) is 36.6 Å². The Kier molecular flexibility index (Phi) is 5.61. The van der Waals surface area contributed by atoms with Crippen LogP contribution in [0.25, 0.3) is 5.57 Å². The van der Waals surface area contributed by atoms with Crippen LogP contribution in [0.4, 0.5) is 17.5 Å². The minimum absolute atomic E-state index is 0.109. The third-order valence-electron chi connectivity index (χ3n) is 6.66. The highest BCUT2D eigenvalue weighted by atomic mass is 16.5. The van der Waals surface area contributed by atoms with E-state index < -0.39 is 0 Å². The van der Waals surface area contributed by atoms with Crippen molar-refractivity contribution in [3.8, 4) is 0 Å². The summed E-state index contributed by atoms with van der Waals surface area (Å²) in [6.45, 7) is 2.85. The minimum atomic E-state index is -0.109. The molecule has 9 heteroatoms. The number of anilines is 3. The first-order valence-electron chi connectivity index (χ1n) is 12.2. The summed E-state index contributed by atoms with van der Waals surface area (Å²) in [6, 6.07) is 9.95. The number of carbonyl (C=O) groups is 1. The number of morpholine rings is 1. The van der Waals surface area contributed by atoms with Crippen molar-refractivity contribution in [3.05, 3.63) is 71.2 Å². The summed E-state index contributed by atoms with van der Waals surface area (Å²) in [5, 5.41) is 8.35. The molecule has 4 aliphatic rings. The van der Waals surface area contributed by atoms with Gasteiger partial charge in [0.15, 0.2) is 0 Å². The fourth-order valence-corrected chi connectivity index (χ4v) is 4.56. The highest BCUT2D eigenvalue weighted by Crippen LogP contribution is 2.39. The average molecular weight is 472 g/mol. The number of ether oxygens (including phenoxy) is 1. The van der Waals surface area contributed by atoms with Crippen molar-refractivity contribution in [3.63, 3.8) is 0 Å². The van der Waals surface area contributed by atoms with Crippen LogP contribution in [0.2, 0.25) is 0 Å². The molecule has 3 heterocycles. The number of nitrogens with one attached hydrogen (secondary N) is 3. The van der Waals surface area contributed by atoms with E-state index in [1.54, 1.807) is 19.2 Å². The molecule has 0 radical (unpaired) electrons. The van der Waals surface area contributed by atoms with Gasteiger partial charge in [0.1, 0.15) is 5.82 Å². The van der Waals surface area contributed by atoms with Gasteiger partial charge in [0.25, 0.3) is 5.91 Å². The molecule has 1 saturated carbocycles. The second-order valence-corrected chi connectivity index (χ2v) is 9.11. The molecule has 1 saturated heterocycles. The van der Waals surface area contributed by atoms with Gasteiger partial charge in [-0.15, -0.1) is 0 Å². The number of hydrazine groups is 1. The Labute approximate surface area is 204 Å². The van der Waals surface area contributed by atoms with Gasteiger partial charge in [0.2, 0.25) is 5.95 Å². The van der Waals surface area contributed by atoms with Crippen LogP contribution in [0.15, 0.2) is 60.0 Å². The van der Waals surface area contributed by atoms with E-state index in [2.05, 4.69) is 44.3 Å². The molecule has 1 aromatic heterocycles. The number of fused-ring (bicyclic) bond motifs is 1. The van der Waals surface area contributed by atoms with Crippen molar-refractivity contribution in [1.82, 2.24) is 25.7 Å². The number of nitrogens with zero attached hydrogens (tertiary/aromatic N) is 4. The number of allylic oxidation sites excluding steroid dienone is 4. The maximum Gasteiger partial charge on any atom is 0.251 e. The summed E-state index contributed by atoms with van der Waals surface area (Å²) < 4.78 is 5.54. The highest BCUT2D eigenvalue weighted by molar-refractivity contribution is 5.94. The second-order valence-electron chi connectivity index (χ2n) is 9.11. The Morgan fingerprint density at radius 3 is 2.69 bits per heavy atom. The van der Waals surface area contributed by atoms with E-state index >= 15 is 0 Å². The van der Waals surface area contributed by atoms with E-state index in [1.807, 2.05) is 18.2 Å². The van der Waals surface area contributed by atoms with E-state index in [-0.39, 0.29) is 5.91 Å². The molecule has 3 N–H and O–H groups in total. The molecule has 2 fully saturated rings. The predicted octanol–water partition coefficient (Wildman–Crippen LogP) is 2.95. The molecule has 1 amide bonds.